The van der Waals surface area contributed by atoms with Crippen LogP contribution in [0.5, 0.6) is 0 Å². The second-order valence-electron chi connectivity index (χ2n) is 6.90. The molecule has 0 radical (unpaired) electrons. The van der Waals surface area contributed by atoms with E-state index >= 15 is 0 Å². The molecule has 0 aliphatic carbocycles. The Morgan fingerprint density at radius 2 is 1.89 bits per heavy atom. The fraction of sp³-hybridized carbons (Fsp3) is 0.273. The van der Waals surface area contributed by atoms with E-state index in [9.17, 15) is 9.59 Å². The Kier molecular flexibility index (Phi) is 5.02. The lowest BCUT2D eigenvalue weighted by Crippen LogP contribution is -2.40. The minimum atomic E-state index is -0.194. The standard InChI is InChI=1S/C22H21N3O3/c1-28-22(27)15-8-11-25(12-9-15)21(26)18-13-20(16-5-4-10-23-14-16)24-19-7-3-2-6-17(18)19/h2-7,10,13-15H,8-9,11-12H2,1H3. The normalized spacial score (nSPS) is 14.8. The summed E-state index contributed by atoms with van der Waals surface area (Å²) in [7, 11) is 1.41. The van der Waals surface area contributed by atoms with E-state index in [1.165, 1.54) is 7.11 Å². The highest BCUT2D eigenvalue weighted by Gasteiger charge is 2.29. The number of hydrogen-bond donors (Lipinski definition) is 0. The van der Waals surface area contributed by atoms with Crippen LogP contribution in [0.1, 0.15) is 23.2 Å². The monoisotopic (exact) mass is 375 g/mol. The first-order valence-corrected chi connectivity index (χ1v) is 9.34. The first-order valence-electron chi connectivity index (χ1n) is 9.34. The molecule has 0 unspecified atom stereocenters. The van der Waals surface area contributed by atoms with Crippen molar-refractivity contribution in [2.24, 2.45) is 5.92 Å². The summed E-state index contributed by atoms with van der Waals surface area (Å²) >= 11 is 0. The third kappa shape index (κ3) is 3.45. The van der Waals surface area contributed by atoms with E-state index in [1.807, 2.05) is 47.4 Å². The summed E-state index contributed by atoms with van der Waals surface area (Å²) in [4.78, 5) is 35.7. The second kappa shape index (κ2) is 7.76. The van der Waals surface area contributed by atoms with Crippen LogP contribution in [0.25, 0.3) is 22.2 Å². The van der Waals surface area contributed by atoms with Gasteiger partial charge in [-0.1, -0.05) is 18.2 Å². The molecule has 1 aromatic carbocycles. The van der Waals surface area contributed by atoms with Gasteiger partial charge in [0.25, 0.3) is 5.91 Å². The third-order valence-corrected chi connectivity index (χ3v) is 5.22. The van der Waals surface area contributed by atoms with Crippen molar-refractivity contribution in [3.63, 3.8) is 0 Å². The van der Waals surface area contributed by atoms with E-state index in [4.69, 9.17) is 9.72 Å². The number of methoxy groups -OCH3 is 1. The maximum Gasteiger partial charge on any atom is 0.308 e. The number of carbonyl (C=O) groups is 2. The number of para-hydroxylation sites is 1. The first kappa shape index (κ1) is 18.1. The van der Waals surface area contributed by atoms with Crippen LogP contribution in [-0.4, -0.2) is 46.9 Å². The Morgan fingerprint density at radius 1 is 1.11 bits per heavy atom. The Labute approximate surface area is 163 Å². The number of carbonyl (C=O) groups excluding carboxylic acids is 2. The minimum Gasteiger partial charge on any atom is -0.469 e. The Hall–Kier alpha value is -3.28. The molecule has 3 heterocycles. The summed E-state index contributed by atoms with van der Waals surface area (Å²) in [6, 6.07) is 13.3. The molecule has 1 fully saturated rings. The lowest BCUT2D eigenvalue weighted by atomic mass is 9.96. The molecule has 3 aromatic rings. The number of amides is 1. The van der Waals surface area contributed by atoms with Crippen molar-refractivity contribution >= 4 is 22.8 Å². The largest absolute Gasteiger partial charge is 0.469 e. The fourth-order valence-electron chi connectivity index (χ4n) is 3.67. The van der Waals surface area contributed by atoms with Gasteiger partial charge in [0.15, 0.2) is 0 Å². The van der Waals surface area contributed by atoms with Crippen LogP contribution in [0.4, 0.5) is 0 Å². The van der Waals surface area contributed by atoms with Crippen LogP contribution in [0, 0.1) is 5.92 Å². The van der Waals surface area contributed by atoms with E-state index < -0.39 is 0 Å². The molecular weight excluding hydrogens is 354 g/mol. The smallest absolute Gasteiger partial charge is 0.308 e. The molecule has 1 saturated heterocycles. The van der Waals surface area contributed by atoms with E-state index in [2.05, 4.69) is 4.98 Å². The molecule has 1 amide bonds. The first-order chi connectivity index (χ1) is 13.7. The quantitative estimate of drug-likeness (QED) is 0.657. The average molecular weight is 375 g/mol. The maximum atomic E-state index is 13.3. The van der Waals surface area contributed by atoms with Gasteiger partial charge in [0.1, 0.15) is 0 Å². The lowest BCUT2D eigenvalue weighted by molar-refractivity contribution is -0.146. The Balaban J connectivity index is 1.68. The zero-order chi connectivity index (χ0) is 19.5. The number of ether oxygens (including phenoxy) is 1. The van der Waals surface area contributed by atoms with Gasteiger partial charge in [-0.2, -0.15) is 0 Å². The molecule has 0 atom stereocenters. The van der Waals surface area contributed by atoms with Crippen molar-refractivity contribution < 1.29 is 14.3 Å². The van der Waals surface area contributed by atoms with Crippen LogP contribution >= 0.6 is 0 Å². The fourth-order valence-corrected chi connectivity index (χ4v) is 3.67. The van der Waals surface area contributed by atoms with Gasteiger partial charge in [-0.25, -0.2) is 4.98 Å². The highest BCUT2D eigenvalue weighted by Crippen LogP contribution is 2.27. The summed E-state index contributed by atoms with van der Waals surface area (Å²) in [5, 5.41) is 0.829. The van der Waals surface area contributed by atoms with Crippen molar-refractivity contribution in [1.82, 2.24) is 14.9 Å². The number of benzene rings is 1. The van der Waals surface area contributed by atoms with Crippen molar-refractivity contribution in [3.05, 3.63) is 60.4 Å². The highest BCUT2D eigenvalue weighted by molar-refractivity contribution is 6.07. The van der Waals surface area contributed by atoms with Crippen molar-refractivity contribution in [1.29, 1.82) is 0 Å². The van der Waals surface area contributed by atoms with E-state index in [0.29, 0.717) is 31.5 Å². The minimum absolute atomic E-state index is 0.0351. The number of pyridine rings is 2. The summed E-state index contributed by atoms with van der Waals surface area (Å²) in [6.45, 7) is 1.08. The summed E-state index contributed by atoms with van der Waals surface area (Å²) in [5.41, 5.74) is 2.99. The number of fused-ring (bicyclic) bond motifs is 1. The predicted molar refractivity (Wildman–Crippen MR) is 106 cm³/mol. The zero-order valence-corrected chi connectivity index (χ0v) is 15.7. The van der Waals surface area contributed by atoms with Crippen LogP contribution in [0.3, 0.4) is 0 Å². The number of esters is 1. The zero-order valence-electron chi connectivity index (χ0n) is 15.7. The molecule has 0 N–H and O–H groups in total. The molecule has 4 rings (SSSR count). The number of rotatable bonds is 3. The van der Waals surface area contributed by atoms with Crippen LogP contribution in [0.15, 0.2) is 54.9 Å². The van der Waals surface area contributed by atoms with E-state index in [0.717, 1.165) is 22.2 Å². The number of hydrogen-bond acceptors (Lipinski definition) is 5. The second-order valence-corrected chi connectivity index (χ2v) is 6.90. The van der Waals surface area contributed by atoms with Crippen LogP contribution < -0.4 is 0 Å². The molecule has 28 heavy (non-hydrogen) atoms. The van der Waals surface area contributed by atoms with Gasteiger partial charge >= 0.3 is 5.97 Å². The molecular formula is C22H21N3O3. The molecule has 142 valence electrons. The van der Waals surface area contributed by atoms with Gasteiger partial charge < -0.3 is 9.64 Å². The van der Waals surface area contributed by atoms with Crippen LogP contribution in [-0.2, 0) is 9.53 Å². The van der Waals surface area contributed by atoms with E-state index in [-0.39, 0.29) is 17.8 Å². The van der Waals surface area contributed by atoms with Crippen molar-refractivity contribution in [2.45, 2.75) is 12.8 Å². The molecule has 2 aromatic heterocycles. The molecule has 6 nitrogen and oxygen atoms in total. The highest BCUT2D eigenvalue weighted by atomic mass is 16.5. The van der Waals surface area contributed by atoms with Crippen molar-refractivity contribution in [2.75, 3.05) is 20.2 Å². The van der Waals surface area contributed by atoms with Gasteiger partial charge in [0.05, 0.1) is 29.8 Å². The third-order valence-electron chi connectivity index (χ3n) is 5.22. The van der Waals surface area contributed by atoms with Crippen molar-refractivity contribution in [3.8, 4) is 11.3 Å². The molecule has 0 bridgehead atoms. The van der Waals surface area contributed by atoms with Gasteiger partial charge in [0.2, 0.25) is 0 Å². The Bertz CT molecular complexity index is 1010. The summed E-state index contributed by atoms with van der Waals surface area (Å²) in [5.74, 6) is -0.360. The molecule has 0 saturated carbocycles. The SMILES string of the molecule is COC(=O)C1CCN(C(=O)c2cc(-c3cccnc3)nc3ccccc23)CC1. The topological polar surface area (TPSA) is 72.4 Å². The maximum absolute atomic E-state index is 13.3. The predicted octanol–water partition coefficient (Wildman–Crippen LogP) is 3.32. The van der Waals surface area contributed by atoms with Gasteiger partial charge in [0, 0.05) is 36.4 Å². The molecule has 6 heteroatoms. The number of likely N-dealkylation sites (tertiary alicyclic amines) is 1. The average Bonchev–Trinajstić information content (AvgIpc) is 2.78. The van der Waals surface area contributed by atoms with Gasteiger partial charge in [-0.15, -0.1) is 0 Å². The summed E-state index contributed by atoms with van der Waals surface area (Å²) in [6.07, 6.45) is 4.70. The molecule has 1 aliphatic rings. The lowest BCUT2D eigenvalue weighted by Gasteiger charge is -2.31. The van der Waals surface area contributed by atoms with Crippen LogP contribution in [0.2, 0.25) is 0 Å². The summed E-state index contributed by atoms with van der Waals surface area (Å²) < 4.78 is 4.84. The number of piperidine rings is 1. The van der Waals surface area contributed by atoms with E-state index in [1.54, 1.807) is 12.4 Å². The van der Waals surface area contributed by atoms with Gasteiger partial charge in [-0.05, 0) is 37.1 Å². The van der Waals surface area contributed by atoms with Gasteiger partial charge in [-0.3, -0.25) is 14.6 Å². The molecule has 1 aliphatic heterocycles. The number of nitrogens with zero attached hydrogens (tertiary/aromatic N) is 3. The Morgan fingerprint density at radius 3 is 2.61 bits per heavy atom. The number of aromatic nitrogens is 2. The molecule has 0 spiro atoms.